The number of hydrogen-bond donors (Lipinski definition) is 1. The quantitative estimate of drug-likeness (QED) is 0.907. The van der Waals surface area contributed by atoms with Crippen LogP contribution < -0.4 is 0 Å². The molecule has 0 aliphatic carbocycles. The largest absolute Gasteiger partial charge is 0.480 e. The van der Waals surface area contributed by atoms with Gasteiger partial charge in [0, 0.05) is 6.54 Å². The van der Waals surface area contributed by atoms with E-state index in [4.69, 9.17) is 5.11 Å². The number of carbonyl (C=O) groups is 2. The molecule has 1 amide bonds. The van der Waals surface area contributed by atoms with Crippen LogP contribution in [0.1, 0.15) is 24.8 Å². The van der Waals surface area contributed by atoms with Crippen molar-refractivity contribution in [2.45, 2.75) is 31.7 Å². The minimum absolute atomic E-state index is 0.115. The molecule has 0 saturated carbocycles. The first-order chi connectivity index (χ1) is 9.08. The normalized spacial score (nSPS) is 19.2. The van der Waals surface area contributed by atoms with Crippen molar-refractivity contribution in [2.75, 3.05) is 6.54 Å². The monoisotopic (exact) mass is 265 g/mol. The summed E-state index contributed by atoms with van der Waals surface area (Å²) >= 11 is 0. The summed E-state index contributed by atoms with van der Waals surface area (Å²) in [6.45, 7) is 0.483. The van der Waals surface area contributed by atoms with Crippen molar-refractivity contribution < 1.29 is 19.1 Å². The van der Waals surface area contributed by atoms with Crippen molar-refractivity contribution in [3.63, 3.8) is 0 Å². The topological polar surface area (TPSA) is 57.6 Å². The van der Waals surface area contributed by atoms with E-state index in [0.29, 0.717) is 18.5 Å². The van der Waals surface area contributed by atoms with Crippen LogP contribution in [-0.2, 0) is 16.0 Å². The highest BCUT2D eigenvalue weighted by Gasteiger charge is 2.31. The van der Waals surface area contributed by atoms with E-state index in [1.165, 1.54) is 17.0 Å². The van der Waals surface area contributed by atoms with Crippen LogP contribution >= 0.6 is 0 Å². The molecule has 1 aromatic rings. The molecule has 1 atom stereocenters. The lowest BCUT2D eigenvalue weighted by atomic mass is 10.0. The van der Waals surface area contributed by atoms with Gasteiger partial charge in [0.2, 0.25) is 5.91 Å². The summed E-state index contributed by atoms with van der Waals surface area (Å²) in [7, 11) is 0. The lowest BCUT2D eigenvalue weighted by molar-refractivity contribution is -0.151. The SMILES string of the molecule is O=C(O)[C@@H]1CCCCN1C(=O)Cc1ccc(F)cc1. The van der Waals surface area contributed by atoms with Crippen LogP contribution in [0.15, 0.2) is 24.3 Å². The van der Waals surface area contributed by atoms with Crippen molar-refractivity contribution in [1.82, 2.24) is 4.90 Å². The standard InChI is InChI=1S/C14H16FNO3/c15-11-6-4-10(5-7-11)9-13(17)16-8-2-1-3-12(16)14(18)19/h4-7,12H,1-3,8-9H2,(H,18,19)/t12-/m0/s1. The smallest absolute Gasteiger partial charge is 0.326 e. The Kier molecular flexibility index (Phi) is 4.14. The second-order valence-electron chi connectivity index (χ2n) is 4.74. The summed E-state index contributed by atoms with van der Waals surface area (Å²) < 4.78 is 12.8. The maximum atomic E-state index is 12.8. The van der Waals surface area contributed by atoms with E-state index >= 15 is 0 Å². The summed E-state index contributed by atoms with van der Waals surface area (Å²) in [5.41, 5.74) is 0.695. The van der Waals surface area contributed by atoms with Gasteiger partial charge in [0.25, 0.3) is 0 Å². The van der Waals surface area contributed by atoms with Crippen LogP contribution in [0.4, 0.5) is 4.39 Å². The van der Waals surface area contributed by atoms with Gasteiger partial charge in [-0.15, -0.1) is 0 Å². The first kappa shape index (κ1) is 13.5. The Bertz CT molecular complexity index is 472. The van der Waals surface area contributed by atoms with Gasteiger partial charge < -0.3 is 10.0 Å². The van der Waals surface area contributed by atoms with Crippen LogP contribution in [0.3, 0.4) is 0 Å². The highest BCUT2D eigenvalue weighted by atomic mass is 19.1. The fraction of sp³-hybridized carbons (Fsp3) is 0.429. The molecule has 1 aliphatic heterocycles. The lowest BCUT2D eigenvalue weighted by Gasteiger charge is -2.33. The second-order valence-corrected chi connectivity index (χ2v) is 4.74. The third-order valence-electron chi connectivity index (χ3n) is 3.38. The summed E-state index contributed by atoms with van der Waals surface area (Å²) in [6, 6.07) is 4.97. The maximum Gasteiger partial charge on any atom is 0.326 e. The Labute approximate surface area is 110 Å². The van der Waals surface area contributed by atoms with Gasteiger partial charge in [-0.25, -0.2) is 9.18 Å². The number of piperidine rings is 1. The molecule has 1 saturated heterocycles. The zero-order valence-corrected chi connectivity index (χ0v) is 10.5. The summed E-state index contributed by atoms with van der Waals surface area (Å²) in [4.78, 5) is 24.7. The van der Waals surface area contributed by atoms with Crippen molar-refractivity contribution in [2.24, 2.45) is 0 Å². The molecule has 5 heteroatoms. The average Bonchev–Trinajstić information content (AvgIpc) is 2.41. The Morgan fingerprint density at radius 1 is 1.26 bits per heavy atom. The first-order valence-corrected chi connectivity index (χ1v) is 6.34. The van der Waals surface area contributed by atoms with Gasteiger partial charge in [-0.05, 0) is 37.0 Å². The maximum absolute atomic E-state index is 12.8. The Morgan fingerprint density at radius 2 is 1.95 bits per heavy atom. The van der Waals surface area contributed by atoms with E-state index in [0.717, 1.165) is 12.8 Å². The van der Waals surface area contributed by atoms with E-state index in [1.807, 2.05) is 0 Å². The first-order valence-electron chi connectivity index (χ1n) is 6.34. The molecule has 0 radical (unpaired) electrons. The molecule has 19 heavy (non-hydrogen) atoms. The van der Waals surface area contributed by atoms with Gasteiger partial charge in [-0.1, -0.05) is 12.1 Å². The van der Waals surface area contributed by atoms with Crippen molar-refractivity contribution >= 4 is 11.9 Å². The van der Waals surface area contributed by atoms with E-state index in [1.54, 1.807) is 12.1 Å². The Hall–Kier alpha value is -1.91. The fourth-order valence-corrected chi connectivity index (χ4v) is 2.37. The number of rotatable bonds is 3. The van der Waals surface area contributed by atoms with Gasteiger partial charge in [0.15, 0.2) is 0 Å². The van der Waals surface area contributed by atoms with E-state index in [-0.39, 0.29) is 18.1 Å². The fourth-order valence-electron chi connectivity index (χ4n) is 2.37. The molecule has 0 unspecified atom stereocenters. The van der Waals surface area contributed by atoms with Gasteiger partial charge in [0.1, 0.15) is 11.9 Å². The number of nitrogens with zero attached hydrogens (tertiary/aromatic N) is 1. The molecule has 0 spiro atoms. The number of amides is 1. The molecule has 4 nitrogen and oxygen atoms in total. The van der Waals surface area contributed by atoms with Gasteiger partial charge >= 0.3 is 5.97 Å². The molecular weight excluding hydrogens is 249 g/mol. The lowest BCUT2D eigenvalue weighted by Crippen LogP contribution is -2.48. The van der Waals surface area contributed by atoms with Gasteiger partial charge in [-0.3, -0.25) is 4.79 Å². The molecule has 1 fully saturated rings. The number of carbonyl (C=O) groups excluding carboxylic acids is 1. The van der Waals surface area contributed by atoms with Crippen LogP contribution in [-0.4, -0.2) is 34.5 Å². The van der Waals surface area contributed by atoms with Crippen molar-refractivity contribution in [3.8, 4) is 0 Å². The highest BCUT2D eigenvalue weighted by molar-refractivity contribution is 5.85. The molecule has 1 heterocycles. The van der Waals surface area contributed by atoms with Gasteiger partial charge in [0.05, 0.1) is 6.42 Å². The van der Waals surface area contributed by atoms with Crippen LogP contribution in [0.5, 0.6) is 0 Å². The van der Waals surface area contributed by atoms with Crippen molar-refractivity contribution in [1.29, 1.82) is 0 Å². The number of likely N-dealkylation sites (tertiary alicyclic amines) is 1. The predicted molar refractivity (Wildman–Crippen MR) is 67.1 cm³/mol. The van der Waals surface area contributed by atoms with E-state index < -0.39 is 12.0 Å². The molecule has 1 aromatic carbocycles. The Balaban J connectivity index is 2.05. The average molecular weight is 265 g/mol. The minimum Gasteiger partial charge on any atom is -0.480 e. The number of carboxylic acid groups (broad SMARTS) is 1. The minimum atomic E-state index is -0.952. The number of aliphatic carboxylic acids is 1. The molecule has 1 aliphatic rings. The second kappa shape index (κ2) is 5.82. The van der Waals surface area contributed by atoms with Crippen LogP contribution in [0, 0.1) is 5.82 Å². The zero-order chi connectivity index (χ0) is 13.8. The van der Waals surface area contributed by atoms with E-state index in [2.05, 4.69) is 0 Å². The number of carboxylic acids is 1. The number of hydrogen-bond acceptors (Lipinski definition) is 2. The summed E-state index contributed by atoms with van der Waals surface area (Å²) in [6.07, 6.45) is 2.28. The zero-order valence-electron chi connectivity index (χ0n) is 10.5. The van der Waals surface area contributed by atoms with Crippen LogP contribution in [0.2, 0.25) is 0 Å². The summed E-state index contributed by atoms with van der Waals surface area (Å²) in [5, 5.41) is 9.12. The Morgan fingerprint density at radius 3 is 2.58 bits per heavy atom. The third-order valence-corrected chi connectivity index (χ3v) is 3.38. The molecule has 2 rings (SSSR count). The third kappa shape index (κ3) is 3.30. The molecule has 0 aromatic heterocycles. The number of benzene rings is 1. The van der Waals surface area contributed by atoms with E-state index in [9.17, 15) is 14.0 Å². The number of halogens is 1. The molecular formula is C14H16FNO3. The predicted octanol–water partition coefficient (Wildman–Crippen LogP) is 1.83. The molecule has 0 bridgehead atoms. The molecule has 102 valence electrons. The summed E-state index contributed by atoms with van der Waals surface area (Å²) in [5.74, 6) is -1.51. The highest BCUT2D eigenvalue weighted by Crippen LogP contribution is 2.18. The molecule has 1 N–H and O–H groups in total. The van der Waals surface area contributed by atoms with Crippen LogP contribution in [0.25, 0.3) is 0 Å². The van der Waals surface area contributed by atoms with Crippen molar-refractivity contribution in [3.05, 3.63) is 35.6 Å². The van der Waals surface area contributed by atoms with Gasteiger partial charge in [-0.2, -0.15) is 0 Å².